The van der Waals surface area contributed by atoms with Gasteiger partial charge in [0.2, 0.25) is 0 Å². The summed E-state index contributed by atoms with van der Waals surface area (Å²) in [6.07, 6.45) is 1.02. The van der Waals surface area contributed by atoms with Crippen LogP contribution >= 0.6 is 0 Å². The van der Waals surface area contributed by atoms with Crippen molar-refractivity contribution in [3.8, 4) is 11.5 Å². The summed E-state index contributed by atoms with van der Waals surface area (Å²) in [6.45, 7) is 2.11. The number of methoxy groups -OCH3 is 2. The van der Waals surface area contributed by atoms with Gasteiger partial charge < -0.3 is 14.2 Å². The molecule has 0 saturated carbocycles. The van der Waals surface area contributed by atoms with Crippen molar-refractivity contribution in [3.63, 3.8) is 0 Å². The molecule has 0 saturated heterocycles. The molecule has 0 bridgehead atoms. The molecule has 0 fully saturated rings. The van der Waals surface area contributed by atoms with Gasteiger partial charge in [0.25, 0.3) is 0 Å². The third-order valence-corrected chi connectivity index (χ3v) is 3.91. The normalized spacial score (nSPS) is 20.7. The smallest absolute Gasteiger partial charge is 0.161 e. The van der Waals surface area contributed by atoms with Gasteiger partial charge in [-0.05, 0) is 42.2 Å². The summed E-state index contributed by atoms with van der Waals surface area (Å²) in [5.41, 5.74) is 3.59. The third kappa shape index (κ3) is 2.61. The second-order valence-corrected chi connectivity index (χ2v) is 5.35. The maximum Gasteiger partial charge on any atom is 0.161 e. The Bertz CT molecular complexity index is 622. The maximum absolute atomic E-state index is 6.18. The highest BCUT2D eigenvalue weighted by Gasteiger charge is 2.28. The molecule has 1 heterocycles. The summed E-state index contributed by atoms with van der Waals surface area (Å²) in [7, 11) is 3.33. The van der Waals surface area contributed by atoms with Crippen LogP contribution in [0.3, 0.4) is 0 Å². The van der Waals surface area contributed by atoms with E-state index in [1.165, 1.54) is 5.56 Å². The minimum Gasteiger partial charge on any atom is -0.493 e. The summed E-state index contributed by atoms with van der Waals surface area (Å²) in [5.74, 6) is 1.52. The van der Waals surface area contributed by atoms with Crippen LogP contribution in [0.5, 0.6) is 11.5 Å². The van der Waals surface area contributed by atoms with Gasteiger partial charge >= 0.3 is 0 Å². The van der Waals surface area contributed by atoms with Crippen LogP contribution < -0.4 is 9.47 Å². The molecule has 1 aliphatic heterocycles. The molecule has 0 aliphatic carbocycles. The topological polar surface area (TPSA) is 27.7 Å². The average Bonchev–Trinajstić information content (AvgIpc) is 2.53. The van der Waals surface area contributed by atoms with Gasteiger partial charge in [-0.2, -0.15) is 0 Å². The lowest BCUT2D eigenvalue weighted by Gasteiger charge is -2.31. The van der Waals surface area contributed by atoms with Crippen LogP contribution in [0.25, 0.3) is 0 Å². The molecular formula is C18H20O3. The number of benzene rings is 2. The Kier molecular flexibility index (Phi) is 3.84. The number of hydrogen-bond donors (Lipinski definition) is 0. The van der Waals surface area contributed by atoms with Crippen LogP contribution in [0.1, 0.15) is 29.7 Å². The lowest BCUT2D eigenvalue weighted by molar-refractivity contribution is 0.00706. The fraction of sp³-hybridized carbons (Fsp3) is 0.333. The molecule has 21 heavy (non-hydrogen) atoms. The van der Waals surface area contributed by atoms with Crippen molar-refractivity contribution in [2.45, 2.75) is 25.6 Å². The van der Waals surface area contributed by atoms with Gasteiger partial charge in [-0.25, -0.2) is 0 Å². The van der Waals surface area contributed by atoms with Crippen molar-refractivity contribution in [1.82, 2.24) is 0 Å². The molecule has 2 aromatic rings. The third-order valence-electron chi connectivity index (χ3n) is 3.91. The van der Waals surface area contributed by atoms with E-state index in [1.54, 1.807) is 14.2 Å². The summed E-state index contributed by atoms with van der Waals surface area (Å²) in [6, 6.07) is 14.4. The second kappa shape index (κ2) is 5.78. The molecule has 3 heteroatoms. The Morgan fingerprint density at radius 1 is 1.00 bits per heavy atom. The zero-order valence-corrected chi connectivity index (χ0v) is 12.6. The summed E-state index contributed by atoms with van der Waals surface area (Å²) < 4.78 is 17.0. The zero-order valence-electron chi connectivity index (χ0n) is 12.6. The molecule has 3 rings (SSSR count). The highest BCUT2D eigenvalue weighted by molar-refractivity contribution is 5.51. The van der Waals surface area contributed by atoms with Crippen LogP contribution in [0.15, 0.2) is 42.5 Å². The number of rotatable bonds is 3. The highest BCUT2D eigenvalue weighted by atomic mass is 16.5. The van der Waals surface area contributed by atoms with E-state index in [9.17, 15) is 0 Å². The van der Waals surface area contributed by atoms with Gasteiger partial charge in [0.05, 0.1) is 20.3 Å². The van der Waals surface area contributed by atoms with E-state index in [4.69, 9.17) is 14.2 Å². The lowest BCUT2D eigenvalue weighted by atomic mass is 9.90. The Morgan fingerprint density at radius 3 is 2.33 bits per heavy atom. The lowest BCUT2D eigenvalue weighted by Crippen LogP contribution is -2.24. The SMILES string of the molecule is COc1cc2c(cc1OC)[C@@H](c1ccccc1)O[C@H](C)C2. The van der Waals surface area contributed by atoms with Crippen LogP contribution in [0.4, 0.5) is 0 Å². The standard InChI is InChI=1S/C18H20O3/c1-12-9-14-10-16(19-2)17(20-3)11-15(14)18(21-12)13-7-5-4-6-8-13/h4-8,10-12,18H,9H2,1-3H3/t12-,18-/m1/s1. The van der Waals surface area contributed by atoms with Gasteiger partial charge in [0, 0.05) is 0 Å². The quantitative estimate of drug-likeness (QED) is 0.859. The van der Waals surface area contributed by atoms with Gasteiger partial charge in [-0.3, -0.25) is 0 Å². The van der Waals surface area contributed by atoms with E-state index < -0.39 is 0 Å². The molecule has 110 valence electrons. The first-order valence-corrected chi connectivity index (χ1v) is 7.18. The molecule has 0 unspecified atom stereocenters. The van der Waals surface area contributed by atoms with Crippen LogP contribution in [-0.4, -0.2) is 20.3 Å². The molecule has 2 atom stereocenters. The molecular weight excluding hydrogens is 264 g/mol. The summed E-state index contributed by atoms with van der Waals surface area (Å²) in [4.78, 5) is 0. The molecule has 0 radical (unpaired) electrons. The molecule has 0 aromatic heterocycles. The summed E-state index contributed by atoms with van der Waals surface area (Å²) >= 11 is 0. The second-order valence-electron chi connectivity index (χ2n) is 5.35. The monoisotopic (exact) mass is 284 g/mol. The Balaban J connectivity index is 2.11. The minimum atomic E-state index is -0.0512. The molecule has 2 aromatic carbocycles. The van der Waals surface area contributed by atoms with E-state index >= 15 is 0 Å². The van der Waals surface area contributed by atoms with Crippen LogP contribution in [-0.2, 0) is 11.2 Å². The van der Waals surface area contributed by atoms with Gasteiger partial charge in [-0.15, -0.1) is 0 Å². The zero-order chi connectivity index (χ0) is 14.8. The predicted octanol–water partition coefficient (Wildman–Crippen LogP) is 3.75. The largest absolute Gasteiger partial charge is 0.493 e. The maximum atomic E-state index is 6.18. The van der Waals surface area contributed by atoms with E-state index in [0.29, 0.717) is 0 Å². The Hall–Kier alpha value is -2.00. The Morgan fingerprint density at radius 2 is 1.67 bits per heavy atom. The van der Waals surface area contributed by atoms with Gasteiger partial charge in [0.15, 0.2) is 11.5 Å². The van der Waals surface area contributed by atoms with E-state index in [2.05, 4.69) is 25.1 Å². The van der Waals surface area contributed by atoms with Crippen molar-refractivity contribution in [2.24, 2.45) is 0 Å². The first kappa shape index (κ1) is 14.0. The van der Waals surface area contributed by atoms with Crippen molar-refractivity contribution < 1.29 is 14.2 Å². The van der Waals surface area contributed by atoms with Crippen molar-refractivity contribution in [1.29, 1.82) is 0 Å². The molecule has 3 nitrogen and oxygen atoms in total. The van der Waals surface area contributed by atoms with Crippen LogP contribution in [0, 0.1) is 0 Å². The molecule has 0 spiro atoms. The van der Waals surface area contributed by atoms with E-state index in [-0.39, 0.29) is 12.2 Å². The van der Waals surface area contributed by atoms with Crippen molar-refractivity contribution in [2.75, 3.05) is 14.2 Å². The highest BCUT2D eigenvalue weighted by Crippen LogP contribution is 2.40. The van der Waals surface area contributed by atoms with E-state index in [1.807, 2.05) is 24.3 Å². The minimum absolute atomic E-state index is 0.0512. The predicted molar refractivity (Wildman–Crippen MR) is 82.1 cm³/mol. The molecule has 1 aliphatic rings. The van der Waals surface area contributed by atoms with Gasteiger partial charge in [-0.1, -0.05) is 30.3 Å². The van der Waals surface area contributed by atoms with Crippen LogP contribution in [0.2, 0.25) is 0 Å². The Labute approximate surface area is 125 Å². The number of hydrogen-bond acceptors (Lipinski definition) is 3. The first-order valence-electron chi connectivity index (χ1n) is 7.18. The summed E-state index contributed by atoms with van der Waals surface area (Å²) in [5, 5.41) is 0. The number of ether oxygens (including phenoxy) is 3. The molecule has 0 amide bonds. The van der Waals surface area contributed by atoms with Crippen molar-refractivity contribution >= 4 is 0 Å². The fourth-order valence-electron chi connectivity index (χ4n) is 2.91. The average molecular weight is 284 g/mol. The fourth-order valence-corrected chi connectivity index (χ4v) is 2.91. The van der Waals surface area contributed by atoms with E-state index in [0.717, 1.165) is 29.0 Å². The molecule has 0 N–H and O–H groups in total. The van der Waals surface area contributed by atoms with Gasteiger partial charge in [0.1, 0.15) is 6.10 Å². The number of fused-ring (bicyclic) bond motifs is 1. The first-order chi connectivity index (χ1) is 10.2. The van der Waals surface area contributed by atoms with Crippen molar-refractivity contribution in [3.05, 3.63) is 59.2 Å².